The minimum Gasteiger partial charge on any atom is -0.346 e. The van der Waals surface area contributed by atoms with Crippen molar-refractivity contribution in [3.05, 3.63) is 33.3 Å². The Kier molecular flexibility index (Phi) is 4.27. The van der Waals surface area contributed by atoms with Gasteiger partial charge in [0.2, 0.25) is 0 Å². The zero-order chi connectivity index (χ0) is 14.9. The van der Waals surface area contributed by atoms with Crippen LogP contribution in [-0.2, 0) is 20.1 Å². The summed E-state index contributed by atoms with van der Waals surface area (Å²) in [5.41, 5.74) is 3.05. The van der Waals surface area contributed by atoms with Crippen LogP contribution in [0.25, 0.3) is 0 Å². The van der Waals surface area contributed by atoms with E-state index in [1.54, 1.807) is 4.68 Å². The van der Waals surface area contributed by atoms with Gasteiger partial charge in [-0.05, 0) is 36.7 Å². The monoisotopic (exact) mass is 339 g/mol. The SMILES string of the molecule is CCn1cc(Br)c(CNC(=O)c2c(C)nn(C)c2C)n1. The number of carbonyl (C=O) groups excluding carboxylic acids is 1. The molecule has 1 amide bonds. The summed E-state index contributed by atoms with van der Waals surface area (Å²) >= 11 is 3.45. The molecule has 0 atom stereocenters. The lowest BCUT2D eigenvalue weighted by atomic mass is 10.2. The number of halogens is 1. The molecular weight excluding hydrogens is 322 g/mol. The van der Waals surface area contributed by atoms with Crippen molar-refractivity contribution >= 4 is 21.8 Å². The van der Waals surface area contributed by atoms with Crippen LogP contribution in [0.2, 0.25) is 0 Å². The predicted octanol–water partition coefficient (Wildman–Crippen LogP) is 1.95. The fourth-order valence-electron chi connectivity index (χ4n) is 2.07. The largest absolute Gasteiger partial charge is 0.346 e. The molecule has 2 rings (SSSR count). The Morgan fingerprint density at radius 2 is 2.10 bits per heavy atom. The highest BCUT2D eigenvalue weighted by atomic mass is 79.9. The number of rotatable bonds is 4. The maximum Gasteiger partial charge on any atom is 0.255 e. The molecule has 7 heteroatoms. The van der Waals surface area contributed by atoms with E-state index in [1.807, 2.05) is 38.7 Å². The number of carbonyl (C=O) groups is 1. The molecule has 0 unspecified atom stereocenters. The highest BCUT2D eigenvalue weighted by Gasteiger charge is 2.17. The molecule has 0 bridgehead atoms. The van der Waals surface area contributed by atoms with Crippen molar-refractivity contribution in [1.29, 1.82) is 0 Å². The second kappa shape index (κ2) is 5.78. The van der Waals surface area contributed by atoms with Gasteiger partial charge in [-0.2, -0.15) is 10.2 Å². The average molecular weight is 340 g/mol. The Morgan fingerprint density at radius 1 is 1.40 bits per heavy atom. The van der Waals surface area contributed by atoms with Crippen LogP contribution in [0.5, 0.6) is 0 Å². The molecule has 0 aliphatic carbocycles. The Labute approximate surface area is 126 Å². The first-order chi connectivity index (χ1) is 9.43. The Bertz CT molecular complexity index is 643. The molecule has 0 saturated carbocycles. The fraction of sp³-hybridized carbons (Fsp3) is 0.462. The number of amides is 1. The van der Waals surface area contributed by atoms with Crippen molar-refractivity contribution in [3.8, 4) is 0 Å². The second-order valence-electron chi connectivity index (χ2n) is 4.63. The van der Waals surface area contributed by atoms with Gasteiger partial charge in [0, 0.05) is 25.5 Å². The van der Waals surface area contributed by atoms with Crippen molar-refractivity contribution in [2.75, 3.05) is 0 Å². The highest BCUT2D eigenvalue weighted by Crippen LogP contribution is 2.16. The molecule has 0 radical (unpaired) electrons. The van der Waals surface area contributed by atoms with E-state index >= 15 is 0 Å². The van der Waals surface area contributed by atoms with Gasteiger partial charge in [0.1, 0.15) is 0 Å². The summed E-state index contributed by atoms with van der Waals surface area (Å²) in [4.78, 5) is 12.2. The molecule has 0 saturated heterocycles. The lowest BCUT2D eigenvalue weighted by Gasteiger charge is -2.04. The summed E-state index contributed by atoms with van der Waals surface area (Å²) < 4.78 is 4.44. The normalized spacial score (nSPS) is 10.8. The van der Waals surface area contributed by atoms with Crippen LogP contribution in [0.3, 0.4) is 0 Å². The molecule has 0 aromatic carbocycles. The van der Waals surface area contributed by atoms with Crippen LogP contribution < -0.4 is 5.32 Å². The van der Waals surface area contributed by atoms with E-state index in [0.717, 1.165) is 28.1 Å². The van der Waals surface area contributed by atoms with Gasteiger partial charge in [-0.3, -0.25) is 14.2 Å². The van der Waals surface area contributed by atoms with E-state index in [1.165, 1.54) is 0 Å². The maximum absolute atomic E-state index is 12.2. The quantitative estimate of drug-likeness (QED) is 0.925. The van der Waals surface area contributed by atoms with Crippen molar-refractivity contribution < 1.29 is 4.79 Å². The third-order valence-corrected chi connectivity index (χ3v) is 3.93. The minimum absolute atomic E-state index is 0.119. The van der Waals surface area contributed by atoms with Crippen LogP contribution in [0.15, 0.2) is 10.7 Å². The van der Waals surface area contributed by atoms with E-state index in [2.05, 4.69) is 31.4 Å². The first kappa shape index (κ1) is 14.8. The summed E-state index contributed by atoms with van der Waals surface area (Å²) in [6.45, 7) is 6.93. The summed E-state index contributed by atoms with van der Waals surface area (Å²) in [5.74, 6) is -0.119. The number of aromatic nitrogens is 4. The molecule has 108 valence electrons. The topological polar surface area (TPSA) is 64.7 Å². The van der Waals surface area contributed by atoms with Gasteiger partial charge < -0.3 is 5.32 Å². The van der Waals surface area contributed by atoms with Crippen molar-refractivity contribution in [2.45, 2.75) is 33.9 Å². The number of hydrogen-bond acceptors (Lipinski definition) is 3. The number of hydrogen-bond donors (Lipinski definition) is 1. The summed E-state index contributed by atoms with van der Waals surface area (Å²) in [5, 5.41) is 11.5. The van der Waals surface area contributed by atoms with Crippen LogP contribution in [0.1, 0.15) is 34.4 Å². The molecule has 0 spiro atoms. The molecule has 1 N–H and O–H groups in total. The van der Waals surface area contributed by atoms with Gasteiger partial charge in [0.25, 0.3) is 5.91 Å². The van der Waals surface area contributed by atoms with Crippen molar-refractivity contribution in [3.63, 3.8) is 0 Å². The van der Waals surface area contributed by atoms with Crippen molar-refractivity contribution in [1.82, 2.24) is 24.9 Å². The van der Waals surface area contributed by atoms with Crippen LogP contribution in [-0.4, -0.2) is 25.5 Å². The first-order valence-corrected chi connectivity index (χ1v) is 7.23. The smallest absolute Gasteiger partial charge is 0.255 e. The van der Waals surface area contributed by atoms with E-state index < -0.39 is 0 Å². The zero-order valence-electron chi connectivity index (χ0n) is 12.1. The molecular formula is C13H18BrN5O. The number of nitrogens with zero attached hydrogens (tertiary/aromatic N) is 4. The first-order valence-electron chi connectivity index (χ1n) is 6.44. The minimum atomic E-state index is -0.119. The van der Waals surface area contributed by atoms with Crippen LogP contribution in [0, 0.1) is 13.8 Å². The molecule has 0 fully saturated rings. The van der Waals surface area contributed by atoms with Gasteiger partial charge in [0.05, 0.1) is 28.0 Å². The third kappa shape index (κ3) is 2.77. The zero-order valence-corrected chi connectivity index (χ0v) is 13.7. The fourth-order valence-corrected chi connectivity index (χ4v) is 2.53. The molecule has 6 nitrogen and oxygen atoms in total. The summed E-state index contributed by atoms with van der Waals surface area (Å²) in [6, 6.07) is 0. The van der Waals surface area contributed by atoms with E-state index in [-0.39, 0.29) is 5.91 Å². The molecule has 20 heavy (non-hydrogen) atoms. The van der Waals surface area contributed by atoms with Gasteiger partial charge in [-0.25, -0.2) is 0 Å². The van der Waals surface area contributed by atoms with Gasteiger partial charge in [-0.15, -0.1) is 0 Å². The standard InChI is InChI=1S/C13H18BrN5O/c1-5-19-7-10(14)11(17-19)6-15-13(20)12-8(2)16-18(4)9(12)3/h7H,5-6H2,1-4H3,(H,15,20). The summed E-state index contributed by atoms with van der Waals surface area (Å²) in [7, 11) is 1.83. The average Bonchev–Trinajstić information content (AvgIpc) is 2.88. The Morgan fingerprint density at radius 3 is 2.60 bits per heavy atom. The Balaban J connectivity index is 2.10. The lowest BCUT2D eigenvalue weighted by molar-refractivity contribution is 0.0949. The third-order valence-electron chi connectivity index (χ3n) is 3.26. The summed E-state index contributed by atoms with van der Waals surface area (Å²) in [6.07, 6.45) is 1.90. The van der Waals surface area contributed by atoms with Gasteiger partial charge in [-0.1, -0.05) is 0 Å². The molecule has 2 aromatic heterocycles. The second-order valence-corrected chi connectivity index (χ2v) is 5.49. The molecule has 2 heterocycles. The van der Waals surface area contributed by atoms with Crippen LogP contribution in [0.4, 0.5) is 0 Å². The lowest BCUT2D eigenvalue weighted by Crippen LogP contribution is -2.24. The number of aryl methyl sites for hydroxylation is 3. The Hall–Kier alpha value is -1.63. The van der Waals surface area contributed by atoms with E-state index in [9.17, 15) is 4.79 Å². The van der Waals surface area contributed by atoms with Crippen LogP contribution >= 0.6 is 15.9 Å². The van der Waals surface area contributed by atoms with Crippen molar-refractivity contribution in [2.24, 2.45) is 7.05 Å². The van der Waals surface area contributed by atoms with E-state index in [0.29, 0.717) is 12.1 Å². The van der Waals surface area contributed by atoms with E-state index in [4.69, 9.17) is 0 Å². The number of nitrogens with one attached hydrogen (secondary N) is 1. The maximum atomic E-state index is 12.2. The highest BCUT2D eigenvalue weighted by molar-refractivity contribution is 9.10. The van der Waals surface area contributed by atoms with Gasteiger partial charge in [0.15, 0.2) is 0 Å². The predicted molar refractivity (Wildman–Crippen MR) is 79.5 cm³/mol. The molecule has 2 aromatic rings. The molecule has 0 aliphatic rings. The van der Waals surface area contributed by atoms with Gasteiger partial charge >= 0.3 is 0 Å². The molecule has 0 aliphatic heterocycles.